The third-order valence-corrected chi connectivity index (χ3v) is 2.74. The zero-order chi connectivity index (χ0) is 13.9. The topological polar surface area (TPSA) is 0 Å². The van der Waals surface area contributed by atoms with Crippen molar-refractivity contribution in [3.8, 4) is 0 Å². The van der Waals surface area contributed by atoms with Crippen molar-refractivity contribution in [2.75, 3.05) is 0 Å². The normalized spacial score (nSPS) is 9.50. The van der Waals surface area contributed by atoms with Crippen molar-refractivity contribution in [2.45, 2.75) is 6.42 Å². The summed E-state index contributed by atoms with van der Waals surface area (Å²) >= 11 is 0. The van der Waals surface area contributed by atoms with Gasteiger partial charge in [0.15, 0.2) is 0 Å². The van der Waals surface area contributed by atoms with Crippen molar-refractivity contribution in [2.24, 2.45) is 0 Å². The van der Waals surface area contributed by atoms with Crippen LogP contribution in [0.3, 0.4) is 0 Å². The van der Waals surface area contributed by atoms with Crippen LogP contribution in [0.25, 0.3) is 10.8 Å². The molecule has 0 fully saturated rings. The van der Waals surface area contributed by atoms with Gasteiger partial charge in [0.25, 0.3) is 0 Å². The minimum absolute atomic E-state index is 0. The van der Waals surface area contributed by atoms with Crippen molar-refractivity contribution >= 4 is 46.6 Å². The molecule has 3 aromatic carbocycles. The van der Waals surface area contributed by atoms with Crippen LogP contribution in [0.4, 0.5) is 0 Å². The number of rotatable bonds is 0. The maximum absolute atomic E-state index is 2.99. The van der Waals surface area contributed by atoms with Gasteiger partial charge in [0.1, 0.15) is 0 Å². The number of hydrogen-bond acceptors (Lipinski definition) is 0. The Morgan fingerprint density at radius 1 is 0.875 bits per heavy atom. The van der Waals surface area contributed by atoms with E-state index < -0.39 is 0 Å². The van der Waals surface area contributed by atoms with E-state index in [0.29, 0.717) is 0 Å². The van der Waals surface area contributed by atoms with Gasteiger partial charge in [-0.2, -0.15) is 60.0 Å². The molecule has 4 rings (SSSR count). The van der Waals surface area contributed by atoms with Crippen LogP contribution >= 0.6 is 24.8 Å². The van der Waals surface area contributed by atoms with Crippen molar-refractivity contribution in [3.05, 3.63) is 103 Å². The molecule has 0 bridgehead atoms. The molecule has 0 atom stereocenters. The Morgan fingerprint density at radius 2 is 1.58 bits per heavy atom. The average Bonchev–Trinajstić information content (AvgIpc) is 3.24. The molecular weight excluding hydrogens is 387 g/mol. The third-order valence-electron chi connectivity index (χ3n) is 2.74. The molecule has 4 heteroatoms. The molecule has 0 heterocycles. The zero-order valence-electron chi connectivity index (χ0n) is 13.2. The van der Waals surface area contributed by atoms with Gasteiger partial charge in [-0.1, -0.05) is 6.07 Å². The molecule has 24 heavy (non-hydrogen) atoms. The molecule has 0 spiro atoms. The molecule has 0 saturated carbocycles. The molecule has 0 aromatic heterocycles. The van der Waals surface area contributed by atoms with Crippen LogP contribution in [0.2, 0.25) is 0 Å². The molecule has 121 valence electrons. The van der Waals surface area contributed by atoms with Gasteiger partial charge >= 0.3 is 21.7 Å². The summed E-state index contributed by atoms with van der Waals surface area (Å²) in [5.74, 6) is 0. The van der Waals surface area contributed by atoms with E-state index in [2.05, 4.69) is 60.7 Å². The predicted octanol–water partition coefficient (Wildman–Crippen LogP) is 5.81. The van der Waals surface area contributed by atoms with Gasteiger partial charge in [0, 0.05) is 11.0 Å². The quantitative estimate of drug-likeness (QED) is 0.327. The fourth-order valence-corrected chi connectivity index (χ4v) is 1.75. The van der Waals surface area contributed by atoms with Crippen LogP contribution in [-0.4, -0.2) is 11.0 Å². The third kappa shape index (κ3) is 11.6. The molecular formula is C20H19Cl2SiTi. The van der Waals surface area contributed by atoms with Crippen molar-refractivity contribution in [3.63, 3.8) is 0 Å². The summed E-state index contributed by atoms with van der Waals surface area (Å²) in [6, 6.07) is 27.2. The second kappa shape index (κ2) is 18.4. The standard InChI is InChI=1S/C9H7.C6H5.C5H5.2ClH.Si.Ti/c1-2-5-9-7-3-6-8(9)4-1;1-2-4-6-5-3-1;1-2-4-5-3-1;;;;/h1-7H;1-5H;1-3H,4H2;2*1H;;/q3*-1;;;;+3. The van der Waals surface area contributed by atoms with Gasteiger partial charge in [0.05, 0.1) is 0 Å². The van der Waals surface area contributed by atoms with E-state index in [1.54, 1.807) is 0 Å². The fraction of sp³-hybridized carbons (Fsp3) is 0.0500. The van der Waals surface area contributed by atoms with Crippen LogP contribution in [-0.2, 0) is 21.7 Å². The molecule has 0 aliphatic heterocycles. The van der Waals surface area contributed by atoms with Crippen LogP contribution in [0.1, 0.15) is 6.42 Å². The number of halogens is 2. The first kappa shape index (κ1) is 27.9. The van der Waals surface area contributed by atoms with Crippen LogP contribution in [0, 0.1) is 12.1 Å². The summed E-state index contributed by atoms with van der Waals surface area (Å²) in [7, 11) is 0. The van der Waals surface area contributed by atoms with Gasteiger partial charge in [-0.15, -0.1) is 60.9 Å². The molecule has 5 radical (unpaired) electrons. The molecule has 1 aliphatic carbocycles. The summed E-state index contributed by atoms with van der Waals surface area (Å²) in [6.07, 6.45) is 10.0. The van der Waals surface area contributed by atoms with E-state index >= 15 is 0 Å². The Kier molecular flexibility index (Phi) is 21.3. The summed E-state index contributed by atoms with van der Waals surface area (Å²) in [6.45, 7) is 0. The van der Waals surface area contributed by atoms with Gasteiger partial charge in [-0.05, 0) is 0 Å². The number of fused-ring (bicyclic) bond motifs is 1. The van der Waals surface area contributed by atoms with Crippen molar-refractivity contribution < 1.29 is 21.7 Å². The van der Waals surface area contributed by atoms with E-state index in [4.69, 9.17) is 0 Å². The molecule has 0 unspecified atom stereocenters. The van der Waals surface area contributed by atoms with Gasteiger partial charge in [0.2, 0.25) is 0 Å². The Bertz CT molecular complexity index is 597. The smallest absolute Gasteiger partial charge is 0.273 e. The van der Waals surface area contributed by atoms with Gasteiger partial charge < -0.3 is 0 Å². The number of hydrogen-bond donors (Lipinski definition) is 0. The molecule has 0 amide bonds. The summed E-state index contributed by atoms with van der Waals surface area (Å²) in [5.41, 5.74) is 0. The first-order chi connectivity index (χ1) is 9.97. The van der Waals surface area contributed by atoms with E-state index in [0.717, 1.165) is 6.42 Å². The van der Waals surface area contributed by atoms with Crippen LogP contribution < -0.4 is 0 Å². The van der Waals surface area contributed by atoms with E-state index in [1.165, 1.54) is 10.8 Å². The summed E-state index contributed by atoms with van der Waals surface area (Å²) in [5, 5.41) is 2.66. The van der Waals surface area contributed by atoms with E-state index in [9.17, 15) is 0 Å². The minimum atomic E-state index is 0. The van der Waals surface area contributed by atoms with Gasteiger partial charge in [-0.25, -0.2) is 12.2 Å². The largest absolute Gasteiger partial charge is 3.00 e. The molecule has 3 aromatic rings. The maximum atomic E-state index is 2.99. The zero-order valence-corrected chi connectivity index (χ0v) is 17.4. The predicted molar refractivity (Wildman–Crippen MR) is 107 cm³/mol. The summed E-state index contributed by atoms with van der Waals surface area (Å²) in [4.78, 5) is 0. The van der Waals surface area contributed by atoms with E-state index in [-0.39, 0.29) is 57.5 Å². The molecule has 0 N–H and O–H groups in total. The van der Waals surface area contributed by atoms with Crippen molar-refractivity contribution in [1.82, 2.24) is 0 Å². The molecule has 1 aliphatic rings. The van der Waals surface area contributed by atoms with Crippen molar-refractivity contribution in [1.29, 1.82) is 0 Å². The SMILES string of the molecule is Cl.Cl.[C-]1=CC=CC1.[Si].[Ti+3].[c-]1ccccc1.c1ccc2[cH-]ccc2c1. The van der Waals surface area contributed by atoms with E-state index in [1.807, 2.05) is 42.5 Å². The maximum Gasteiger partial charge on any atom is 3.00 e. The Balaban J connectivity index is -0.000000265. The monoisotopic (exact) mass is 405 g/mol. The Labute approximate surface area is 177 Å². The minimum Gasteiger partial charge on any atom is -0.273 e. The Hall–Kier alpha value is -0.959. The number of benzene rings is 2. The fourth-order valence-electron chi connectivity index (χ4n) is 1.75. The van der Waals surface area contributed by atoms with Gasteiger partial charge in [-0.3, -0.25) is 6.08 Å². The number of allylic oxidation sites excluding steroid dienone is 4. The molecule has 0 nitrogen and oxygen atoms in total. The van der Waals surface area contributed by atoms with Crippen LogP contribution in [0.5, 0.6) is 0 Å². The van der Waals surface area contributed by atoms with Crippen LogP contribution in [0.15, 0.2) is 91.0 Å². The average molecular weight is 406 g/mol. The second-order valence-electron chi connectivity index (χ2n) is 4.24. The second-order valence-corrected chi connectivity index (χ2v) is 4.24. The molecule has 0 saturated heterocycles. The first-order valence-corrected chi connectivity index (χ1v) is 6.70. The first-order valence-electron chi connectivity index (χ1n) is 6.70. The Morgan fingerprint density at radius 3 is 2.00 bits per heavy atom. The summed E-state index contributed by atoms with van der Waals surface area (Å²) < 4.78 is 0.